The lowest BCUT2D eigenvalue weighted by Gasteiger charge is -2.07. The maximum Gasteiger partial charge on any atom is 0.264 e. The number of aryl methyl sites for hydroxylation is 1. The summed E-state index contributed by atoms with van der Waals surface area (Å²) in [6.07, 6.45) is 1.71. The van der Waals surface area contributed by atoms with Crippen LogP contribution in [0, 0.1) is 0 Å². The lowest BCUT2D eigenvalue weighted by atomic mass is 10.2. The fourth-order valence-electron chi connectivity index (χ4n) is 2.15. The average Bonchev–Trinajstić information content (AvgIpc) is 3.03. The minimum Gasteiger partial charge on any atom is -0.422 e. The third-order valence-electron chi connectivity index (χ3n) is 2.96. The van der Waals surface area contributed by atoms with E-state index in [-0.39, 0.29) is 6.67 Å². The molecule has 0 radical (unpaired) electrons. The summed E-state index contributed by atoms with van der Waals surface area (Å²) in [6, 6.07) is 7.54. The Hall–Kier alpha value is -1.88. The largest absolute Gasteiger partial charge is 0.422 e. The van der Waals surface area contributed by atoms with E-state index in [1.165, 1.54) is 6.39 Å². The summed E-state index contributed by atoms with van der Waals surface area (Å²) in [5.41, 5.74) is 1.72. The van der Waals surface area contributed by atoms with Crippen LogP contribution >= 0.6 is 11.6 Å². The molecule has 0 aliphatic heterocycles. The molecule has 0 aliphatic rings. The van der Waals surface area contributed by atoms with Crippen LogP contribution in [0.15, 0.2) is 35.1 Å². The Kier molecular flexibility index (Phi) is 3.21. The number of halogens is 2. The fraction of sp³-hybridized carbons (Fsp3) is 0.231. The second-order valence-corrected chi connectivity index (χ2v) is 4.61. The smallest absolute Gasteiger partial charge is 0.264 e. The van der Waals surface area contributed by atoms with E-state index < -0.39 is 0 Å². The quantitative estimate of drug-likeness (QED) is 0.731. The van der Waals surface area contributed by atoms with E-state index in [0.29, 0.717) is 23.9 Å². The van der Waals surface area contributed by atoms with E-state index in [1.807, 2.05) is 28.8 Å². The van der Waals surface area contributed by atoms with Crippen LogP contribution in [0.4, 0.5) is 4.39 Å². The molecule has 0 saturated heterocycles. The molecule has 19 heavy (non-hydrogen) atoms. The van der Waals surface area contributed by atoms with E-state index >= 15 is 0 Å². The molecule has 0 atom stereocenters. The van der Waals surface area contributed by atoms with E-state index in [0.717, 1.165) is 16.6 Å². The highest BCUT2D eigenvalue weighted by Crippen LogP contribution is 2.29. The third kappa shape index (κ3) is 2.21. The molecule has 0 unspecified atom stereocenters. The van der Waals surface area contributed by atoms with Gasteiger partial charge in [-0.1, -0.05) is 17.7 Å². The van der Waals surface area contributed by atoms with Gasteiger partial charge in [0.1, 0.15) is 5.69 Å². The highest BCUT2D eigenvalue weighted by Gasteiger charge is 2.14. The lowest BCUT2D eigenvalue weighted by molar-refractivity contribution is 0.449. The van der Waals surface area contributed by atoms with Gasteiger partial charge in [-0.2, -0.15) is 0 Å². The first kappa shape index (κ1) is 12.2. The maximum absolute atomic E-state index is 12.4. The molecule has 4 nitrogen and oxygen atoms in total. The van der Waals surface area contributed by atoms with Gasteiger partial charge in [-0.3, -0.25) is 4.39 Å². The van der Waals surface area contributed by atoms with Crippen molar-refractivity contribution in [3.63, 3.8) is 0 Å². The van der Waals surface area contributed by atoms with Gasteiger partial charge in [0.15, 0.2) is 0 Å². The molecule has 0 amide bonds. The molecule has 0 spiro atoms. The summed E-state index contributed by atoms with van der Waals surface area (Å²) >= 11 is 6.02. The molecule has 6 heteroatoms. The first-order chi connectivity index (χ1) is 9.29. The second kappa shape index (κ2) is 5.01. The monoisotopic (exact) mass is 279 g/mol. The molecule has 0 saturated carbocycles. The Morgan fingerprint density at radius 3 is 2.95 bits per heavy atom. The maximum atomic E-state index is 12.4. The molecule has 0 fully saturated rings. The Morgan fingerprint density at radius 1 is 1.32 bits per heavy atom. The van der Waals surface area contributed by atoms with Crippen molar-refractivity contribution >= 4 is 22.5 Å². The summed E-state index contributed by atoms with van der Waals surface area (Å²) in [5, 5.41) is 9.24. The van der Waals surface area contributed by atoms with Gasteiger partial charge in [0, 0.05) is 17.0 Å². The number of hydrogen-bond donors (Lipinski definition) is 0. The SMILES string of the molecule is FCCCn1c(-c2nnco2)cc2ccc(Cl)cc21. The highest BCUT2D eigenvalue weighted by molar-refractivity contribution is 6.31. The van der Waals surface area contributed by atoms with Gasteiger partial charge >= 0.3 is 0 Å². The third-order valence-corrected chi connectivity index (χ3v) is 3.20. The zero-order chi connectivity index (χ0) is 13.2. The van der Waals surface area contributed by atoms with Crippen molar-refractivity contribution in [2.24, 2.45) is 0 Å². The Morgan fingerprint density at radius 2 is 2.21 bits per heavy atom. The van der Waals surface area contributed by atoms with Crippen molar-refractivity contribution in [2.45, 2.75) is 13.0 Å². The normalized spacial score (nSPS) is 11.3. The van der Waals surface area contributed by atoms with Crippen molar-refractivity contribution in [2.75, 3.05) is 6.67 Å². The lowest BCUT2D eigenvalue weighted by Crippen LogP contribution is -2.01. The Bertz CT molecular complexity index is 693. The van der Waals surface area contributed by atoms with Gasteiger partial charge in [-0.05, 0) is 24.6 Å². The van der Waals surface area contributed by atoms with Gasteiger partial charge in [-0.15, -0.1) is 10.2 Å². The van der Waals surface area contributed by atoms with Gasteiger partial charge in [0.2, 0.25) is 6.39 Å². The molecule has 3 aromatic rings. The second-order valence-electron chi connectivity index (χ2n) is 4.17. The van der Waals surface area contributed by atoms with Crippen LogP contribution < -0.4 is 0 Å². The van der Waals surface area contributed by atoms with Gasteiger partial charge < -0.3 is 8.98 Å². The average molecular weight is 280 g/mol. The van der Waals surface area contributed by atoms with Crippen molar-refractivity contribution < 1.29 is 8.81 Å². The minimum atomic E-state index is -0.372. The highest BCUT2D eigenvalue weighted by atomic mass is 35.5. The van der Waals surface area contributed by atoms with Crippen molar-refractivity contribution in [3.8, 4) is 11.6 Å². The van der Waals surface area contributed by atoms with Gasteiger partial charge in [0.25, 0.3) is 5.89 Å². The zero-order valence-electron chi connectivity index (χ0n) is 10.0. The topological polar surface area (TPSA) is 43.9 Å². The molecule has 2 aromatic heterocycles. The summed E-state index contributed by atoms with van der Waals surface area (Å²) < 4.78 is 19.6. The van der Waals surface area contributed by atoms with E-state index in [1.54, 1.807) is 0 Å². The summed E-state index contributed by atoms with van der Waals surface area (Å²) in [6.45, 7) is 0.168. The van der Waals surface area contributed by atoms with E-state index in [4.69, 9.17) is 16.0 Å². The molecule has 3 rings (SSSR count). The van der Waals surface area contributed by atoms with E-state index in [9.17, 15) is 4.39 Å². The first-order valence-electron chi connectivity index (χ1n) is 5.91. The minimum absolute atomic E-state index is 0.372. The Labute approximate surface area is 113 Å². The van der Waals surface area contributed by atoms with Crippen LogP contribution in [0.2, 0.25) is 5.02 Å². The number of aromatic nitrogens is 3. The van der Waals surface area contributed by atoms with Crippen molar-refractivity contribution in [1.82, 2.24) is 14.8 Å². The van der Waals surface area contributed by atoms with Gasteiger partial charge in [-0.25, -0.2) is 0 Å². The molecule has 98 valence electrons. The summed E-state index contributed by atoms with van der Waals surface area (Å²) in [4.78, 5) is 0. The molecular formula is C13H11ClFN3O. The number of nitrogens with zero attached hydrogens (tertiary/aromatic N) is 3. The summed E-state index contributed by atoms with van der Waals surface area (Å²) in [5.74, 6) is 0.422. The summed E-state index contributed by atoms with van der Waals surface area (Å²) in [7, 11) is 0. The van der Waals surface area contributed by atoms with Crippen LogP contribution in [0.1, 0.15) is 6.42 Å². The standard InChI is InChI=1S/C13H11ClFN3O/c14-10-3-2-9-6-12(13-17-16-8-19-13)18(5-1-4-15)11(9)7-10/h2-3,6-8H,1,4-5H2. The molecule has 1 aromatic carbocycles. The molecule has 0 aliphatic carbocycles. The molecule has 0 N–H and O–H groups in total. The first-order valence-corrected chi connectivity index (χ1v) is 6.28. The van der Waals surface area contributed by atoms with Crippen molar-refractivity contribution in [3.05, 3.63) is 35.7 Å². The fourth-order valence-corrected chi connectivity index (χ4v) is 2.31. The predicted octanol–water partition coefficient (Wildman–Crippen LogP) is 3.70. The number of alkyl halides is 1. The van der Waals surface area contributed by atoms with Crippen LogP contribution in [0.5, 0.6) is 0 Å². The molecule has 0 bridgehead atoms. The number of fused-ring (bicyclic) bond motifs is 1. The number of hydrogen-bond acceptors (Lipinski definition) is 3. The van der Waals surface area contributed by atoms with Crippen LogP contribution in [-0.4, -0.2) is 21.4 Å². The molecule has 2 heterocycles. The number of rotatable bonds is 4. The van der Waals surface area contributed by atoms with Gasteiger partial charge in [0.05, 0.1) is 12.2 Å². The van der Waals surface area contributed by atoms with Crippen LogP contribution in [0.3, 0.4) is 0 Å². The zero-order valence-corrected chi connectivity index (χ0v) is 10.8. The predicted molar refractivity (Wildman–Crippen MR) is 70.8 cm³/mol. The van der Waals surface area contributed by atoms with Crippen molar-refractivity contribution in [1.29, 1.82) is 0 Å². The number of benzene rings is 1. The van der Waals surface area contributed by atoms with Crippen LogP contribution in [0.25, 0.3) is 22.5 Å². The van der Waals surface area contributed by atoms with E-state index in [2.05, 4.69) is 10.2 Å². The Balaban J connectivity index is 2.19. The molecular weight excluding hydrogens is 269 g/mol. The van der Waals surface area contributed by atoms with Crippen LogP contribution in [-0.2, 0) is 6.54 Å².